The van der Waals surface area contributed by atoms with Crippen molar-refractivity contribution in [2.75, 3.05) is 7.05 Å². The molecule has 68 valence electrons. The summed E-state index contributed by atoms with van der Waals surface area (Å²) in [5.74, 6) is 0.615. The van der Waals surface area contributed by atoms with Gasteiger partial charge in [-0.1, -0.05) is 32.0 Å². The van der Waals surface area contributed by atoms with E-state index in [9.17, 15) is 0 Å². The molecule has 0 aliphatic carbocycles. The van der Waals surface area contributed by atoms with Gasteiger partial charge in [0.25, 0.3) is 0 Å². The molecule has 13 heavy (non-hydrogen) atoms. The summed E-state index contributed by atoms with van der Waals surface area (Å²) in [5, 5.41) is 0. The molecule has 1 heteroatoms. The quantitative estimate of drug-likeness (QED) is 0.576. The average molecular weight is 174 g/mol. The highest BCUT2D eigenvalue weighted by Crippen LogP contribution is 2.31. The van der Waals surface area contributed by atoms with Gasteiger partial charge in [-0.3, -0.25) is 0 Å². The van der Waals surface area contributed by atoms with E-state index in [4.69, 9.17) is 0 Å². The summed E-state index contributed by atoms with van der Waals surface area (Å²) in [7, 11) is 2.14. The van der Waals surface area contributed by atoms with Crippen LogP contribution in [-0.4, -0.2) is 17.8 Å². The van der Waals surface area contributed by atoms with Gasteiger partial charge in [-0.05, 0) is 5.92 Å². The summed E-state index contributed by atoms with van der Waals surface area (Å²) in [4.78, 5) is 0. The molecule has 0 N–H and O–H groups in total. The maximum Gasteiger partial charge on any atom is 0.211 e. The predicted molar refractivity (Wildman–Crippen MR) is 56.1 cm³/mol. The van der Waals surface area contributed by atoms with Gasteiger partial charge in [0.05, 0.1) is 6.42 Å². The van der Waals surface area contributed by atoms with E-state index < -0.39 is 0 Å². The second-order valence-corrected chi connectivity index (χ2v) is 4.01. The molecule has 0 spiro atoms. The Bertz CT molecular complexity index is 361. The van der Waals surface area contributed by atoms with Crippen LogP contribution in [0, 0.1) is 0 Å². The lowest BCUT2D eigenvalue weighted by Gasteiger charge is -2.07. The summed E-state index contributed by atoms with van der Waals surface area (Å²) < 4.78 is 2.25. The van der Waals surface area contributed by atoms with Crippen LogP contribution in [0.15, 0.2) is 18.2 Å². The highest BCUT2D eigenvalue weighted by molar-refractivity contribution is 5.69. The minimum absolute atomic E-state index is 0.615. The first kappa shape index (κ1) is 8.49. The zero-order valence-electron chi connectivity index (χ0n) is 8.54. The van der Waals surface area contributed by atoms with Crippen molar-refractivity contribution in [1.82, 2.24) is 0 Å². The molecule has 1 aliphatic heterocycles. The van der Waals surface area contributed by atoms with Gasteiger partial charge >= 0.3 is 0 Å². The fourth-order valence-corrected chi connectivity index (χ4v) is 2.00. The average Bonchev–Trinajstić information content (AvgIpc) is 2.48. The number of hydrogen-bond donors (Lipinski definition) is 0. The Kier molecular flexibility index (Phi) is 1.95. The Morgan fingerprint density at radius 2 is 2.08 bits per heavy atom. The fourth-order valence-electron chi connectivity index (χ4n) is 2.00. The van der Waals surface area contributed by atoms with Crippen LogP contribution in [-0.2, 0) is 6.42 Å². The molecule has 0 aromatic heterocycles. The smallest absolute Gasteiger partial charge is 0.205 e. The maximum absolute atomic E-state index is 2.25. The minimum Gasteiger partial charge on any atom is -0.205 e. The van der Waals surface area contributed by atoms with Crippen molar-refractivity contribution in [2.24, 2.45) is 0 Å². The number of para-hydroxylation sites is 1. The molecule has 0 atom stereocenters. The third-order valence-electron chi connectivity index (χ3n) is 2.71. The van der Waals surface area contributed by atoms with Gasteiger partial charge in [-0.15, -0.1) is 0 Å². The summed E-state index contributed by atoms with van der Waals surface area (Å²) in [6.45, 7) is 4.50. The van der Waals surface area contributed by atoms with Crippen molar-refractivity contribution >= 4 is 11.9 Å². The Hall–Kier alpha value is -1.11. The van der Waals surface area contributed by atoms with Gasteiger partial charge in [-0.2, -0.15) is 0 Å². The van der Waals surface area contributed by atoms with Crippen molar-refractivity contribution in [3.05, 3.63) is 29.3 Å². The highest BCUT2D eigenvalue weighted by atomic mass is 15.0. The minimum atomic E-state index is 0.615. The number of hydrogen-bond acceptors (Lipinski definition) is 0. The lowest BCUT2D eigenvalue weighted by atomic mass is 9.98. The maximum atomic E-state index is 2.25. The molecule has 0 saturated heterocycles. The molecule has 0 amide bonds. The third kappa shape index (κ3) is 1.28. The van der Waals surface area contributed by atoms with E-state index >= 15 is 0 Å². The zero-order valence-corrected chi connectivity index (χ0v) is 8.54. The molecule has 2 rings (SSSR count). The predicted octanol–water partition coefficient (Wildman–Crippen LogP) is 2.71. The highest BCUT2D eigenvalue weighted by Gasteiger charge is 2.22. The van der Waals surface area contributed by atoms with Crippen LogP contribution >= 0.6 is 0 Å². The van der Waals surface area contributed by atoms with Crippen molar-refractivity contribution in [3.63, 3.8) is 0 Å². The molecule has 1 aromatic carbocycles. The molecular weight excluding hydrogens is 158 g/mol. The normalized spacial score (nSPS) is 14.6. The molecule has 0 radical (unpaired) electrons. The molecule has 0 fully saturated rings. The molecule has 0 bridgehead atoms. The van der Waals surface area contributed by atoms with E-state index in [1.54, 1.807) is 0 Å². The zero-order chi connectivity index (χ0) is 9.42. The van der Waals surface area contributed by atoms with Gasteiger partial charge in [-0.25, -0.2) is 4.58 Å². The lowest BCUT2D eigenvalue weighted by Crippen LogP contribution is -1.99. The van der Waals surface area contributed by atoms with Crippen molar-refractivity contribution in [2.45, 2.75) is 26.2 Å². The van der Waals surface area contributed by atoms with Gasteiger partial charge in [0.1, 0.15) is 13.3 Å². The van der Waals surface area contributed by atoms with Gasteiger partial charge in [0.15, 0.2) is 0 Å². The standard InChI is InChI=1S/C12H16N/c1-9(2)11-6-4-5-10-7-8-13(3)12(10)11/h4-6,8-9H,7H2,1-3H3/q+1. The Balaban J connectivity index is 2.60. The molecule has 1 nitrogen and oxygen atoms in total. The van der Waals surface area contributed by atoms with Gasteiger partial charge in [0, 0.05) is 11.1 Å². The van der Waals surface area contributed by atoms with Crippen LogP contribution in [0.2, 0.25) is 0 Å². The number of benzene rings is 1. The van der Waals surface area contributed by atoms with Crippen LogP contribution in [0.25, 0.3) is 0 Å². The first-order chi connectivity index (χ1) is 6.20. The van der Waals surface area contributed by atoms with E-state index in [-0.39, 0.29) is 0 Å². The van der Waals surface area contributed by atoms with E-state index in [0.717, 1.165) is 6.42 Å². The van der Waals surface area contributed by atoms with Crippen molar-refractivity contribution in [3.8, 4) is 0 Å². The Morgan fingerprint density at radius 3 is 2.77 bits per heavy atom. The monoisotopic (exact) mass is 174 g/mol. The topological polar surface area (TPSA) is 3.01 Å². The summed E-state index contributed by atoms with van der Waals surface area (Å²) in [6.07, 6.45) is 3.34. The van der Waals surface area contributed by atoms with Crippen LogP contribution in [0.1, 0.15) is 30.9 Å². The summed E-state index contributed by atoms with van der Waals surface area (Å²) in [6, 6.07) is 6.63. The van der Waals surface area contributed by atoms with Crippen LogP contribution < -0.4 is 0 Å². The second-order valence-electron chi connectivity index (χ2n) is 4.01. The van der Waals surface area contributed by atoms with E-state index in [2.05, 4.69) is 49.9 Å². The number of nitrogens with zero attached hydrogens (tertiary/aromatic N) is 1. The second kappa shape index (κ2) is 2.99. The van der Waals surface area contributed by atoms with Gasteiger partial charge < -0.3 is 0 Å². The third-order valence-corrected chi connectivity index (χ3v) is 2.71. The number of fused-ring (bicyclic) bond motifs is 1. The number of rotatable bonds is 1. The van der Waals surface area contributed by atoms with Crippen molar-refractivity contribution < 1.29 is 4.58 Å². The lowest BCUT2D eigenvalue weighted by molar-refractivity contribution is -0.397. The van der Waals surface area contributed by atoms with Crippen LogP contribution in [0.4, 0.5) is 5.69 Å². The van der Waals surface area contributed by atoms with Gasteiger partial charge in [0.2, 0.25) is 5.69 Å². The fraction of sp³-hybridized carbons (Fsp3) is 0.417. The molecule has 1 aliphatic rings. The summed E-state index contributed by atoms with van der Waals surface area (Å²) in [5.41, 5.74) is 4.36. The van der Waals surface area contributed by atoms with E-state index in [0.29, 0.717) is 5.92 Å². The molecule has 0 saturated carbocycles. The SMILES string of the molecule is CC(C)c1cccc2c1[N+](C)=CC2. The summed E-state index contributed by atoms with van der Waals surface area (Å²) >= 11 is 0. The Labute approximate surface area is 79.7 Å². The van der Waals surface area contributed by atoms with E-state index in [1.165, 1.54) is 16.8 Å². The first-order valence-corrected chi connectivity index (χ1v) is 4.88. The Morgan fingerprint density at radius 1 is 1.31 bits per heavy atom. The molecule has 0 unspecified atom stereocenters. The van der Waals surface area contributed by atoms with Crippen molar-refractivity contribution in [1.29, 1.82) is 0 Å². The molecule has 1 aromatic rings. The molecular formula is C12H16N+. The first-order valence-electron chi connectivity index (χ1n) is 4.88. The largest absolute Gasteiger partial charge is 0.211 e. The van der Waals surface area contributed by atoms with E-state index in [1.807, 2.05) is 0 Å². The van der Waals surface area contributed by atoms with Crippen LogP contribution in [0.5, 0.6) is 0 Å². The molecule has 1 heterocycles. The van der Waals surface area contributed by atoms with Crippen LogP contribution in [0.3, 0.4) is 0 Å².